The van der Waals surface area contributed by atoms with Crippen molar-refractivity contribution in [3.63, 3.8) is 0 Å². The monoisotopic (exact) mass is 382 g/mol. The summed E-state index contributed by atoms with van der Waals surface area (Å²) in [5, 5.41) is 4.19. The number of halogens is 1. The molecule has 0 aliphatic carbocycles. The molecule has 0 amide bonds. The van der Waals surface area contributed by atoms with Crippen molar-refractivity contribution >= 4 is 23.2 Å². The lowest BCUT2D eigenvalue weighted by molar-refractivity contribution is 0.0702. The minimum atomic E-state index is 0.642. The summed E-state index contributed by atoms with van der Waals surface area (Å²) in [4.78, 5) is 9.45. The second-order valence-corrected chi connectivity index (χ2v) is 6.58. The van der Waals surface area contributed by atoms with E-state index < -0.39 is 0 Å². The van der Waals surface area contributed by atoms with Crippen LogP contribution >= 0.6 is 11.6 Å². The van der Waals surface area contributed by atoms with Crippen LogP contribution in [0.1, 0.15) is 13.3 Å². The molecule has 2 rings (SSSR count). The average molecular weight is 383 g/mol. The molecule has 1 N–H and O–H groups in total. The number of piperazine rings is 1. The van der Waals surface area contributed by atoms with Gasteiger partial charge in [-0.25, -0.2) is 0 Å². The molecule has 0 atom stereocenters. The Morgan fingerprint density at radius 1 is 1.19 bits per heavy atom. The molecular formula is C19H31ClN4O2. The summed E-state index contributed by atoms with van der Waals surface area (Å²) >= 11 is 6.11. The second kappa shape index (κ2) is 12.0. The van der Waals surface area contributed by atoms with Crippen molar-refractivity contribution in [3.8, 4) is 0 Å². The lowest BCUT2D eigenvalue weighted by Crippen LogP contribution is -2.52. The summed E-state index contributed by atoms with van der Waals surface area (Å²) in [5.41, 5.74) is 1.19. The molecule has 0 spiro atoms. The predicted octanol–water partition coefficient (Wildman–Crippen LogP) is 2.48. The molecular weight excluding hydrogens is 352 g/mol. The van der Waals surface area contributed by atoms with Gasteiger partial charge in [-0.1, -0.05) is 17.7 Å². The van der Waals surface area contributed by atoms with E-state index in [0.29, 0.717) is 13.2 Å². The molecule has 1 fully saturated rings. The van der Waals surface area contributed by atoms with Crippen molar-refractivity contribution in [3.05, 3.63) is 29.3 Å². The maximum Gasteiger partial charge on any atom is 0.194 e. The fourth-order valence-electron chi connectivity index (χ4n) is 2.87. The van der Waals surface area contributed by atoms with E-state index in [2.05, 4.69) is 28.1 Å². The SMILES string of the molecule is CCNC(=NCCCOCCOC)N1CCN(c2cccc(Cl)c2)CC1. The van der Waals surface area contributed by atoms with Gasteiger partial charge in [0, 0.05) is 63.7 Å². The summed E-state index contributed by atoms with van der Waals surface area (Å²) in [5.74, 6) is 0.995. The molecule has 0 unspecified atom stereocenters. The number of nitrogens with zero attached hydrogens (tertiary/aromatic N) is 3. The molecule has 0 bridgehead atoms. The van der Waals surface area contributed by atoms with E-state index in [4.69, 9.17) is 26.1 Å². The molecule has 1 saturated heterocycles. The second-order valence-electron chi connectivity index (χ2n) is 6.15. The molecule has 0 radical (unpaired) electrons. The van der Waals surface area contributed by atoms with Gasteiger partial charge in [0.05, 0.1) is 13.2 Å². The van der Waals surface area contributed by atoms with Crippen LogP contribution in [0.5, 0.6) is 0 Å². The molecule has 1 aromatic carbocycles. The topological polar surface area (TPSA) is 49.3 Å². The Morgan fingerprint density at radius 3 is 2.69 bits per heavy atom. The van der Waals surface area contributed by atoms with Gasteiger partial charge in [0.25, 0.3) is 0 Å². The first-order valence-electron chi connectivity index (χ1n) is 9.35. The first kappa shape index (κ1) is 20.8. The van der Waals surface area contributed by atoms with E-state index in [1.54, 1.807) is 7.11 Å². The molecule has 7 heteroatoms. The molecule has 0 saturated carbocycles. The standard InChI is InChI=1S/C19H31ClN4O2/c1-3-21-19(22-8-5-13-26-15-14-25-2)24-11-9-23(10-12-24)18-7-4-6-17(20)16-18/h4,6-7,16H,3,5,8-15H2,1-2H3,(H,21,22). The van der Waals surface area contributed by atoms with Crippen LogP contribution in [-0.4, -0.2) is 77.1 Å². The van der Waals surface area contributed by atoms with E-state index in [0.717, 1.165) is 63.3 Å². The zero-order chi connectivity index (χ0) is 18.6. The zero-order valence-corrected chi connectivity index (χ0v) is 16.7. The van der Waals surface area contributed by atoms with Crippen molar-refractivity contribution in [1.82, 2.24) is 10.2 Å². The number of rotatable bonds is 9. The maximum atomic E-state index is 6.11. The highest BCUT2D eigenvalue weighted by atomic mass is 35.5. The third kappa shape index (κ3) is 7.02. The molecule has 26 heavy (non-hydrogen) atoms. The smallest absolute Gasteiger partial charge is 0.194 e. The Balaban J connectivity index is 1.78. The quantitative estimate of drug-likeness (QED) is 0.404. The van der Waals surface area contributed by atoms with Gasteiger partial charge in [-0.2, -0.15) is 0 Å². The Kier molecular flexibility index (Phi) is 9.60. The Hall–Kier alpha value is -1.50. The molecule has 1 heterocycles. The lowest BCUT2D eigenvalue weighted by atomic mass is 10.2. The summed E-state index contributed by atoms with van der Waals surface area (Å²) in [6, 6.07) is 8.06. The average Bonchev–Trinajstić information content (AvgIpc) is 2.66. The highest BCUT2D eigenvalue weighted by molar-refractivity contribution is 6.30. The summed E-state index contributed by atoms with van der Waals surface area (Å²) in [6.45, 7) is 9.57. The molecule has 6 nitrogen and oxygen atoms in total. The van der Waals surface area contributed by atoms with Crippen LogP contribution in [0.4, 0.5) is 5.69 Å². The van der Waals surface area contributed by atoms with E-state index in [9.17, 15) is 0 Å². The number of anilines is 1. The van der Waals surface area contributed by atoms with Crippen molar-refractivity contribution in [2.75, 3.05) is 71.1 Å². The van der Waals surface area contributed by atoms with Crippen LogP contribution in [-0.2, 0) is 9.47 Å². The Labute approximate surface area is 162 Å². The van der Waals surface area contributed by atoms with E-state index >= 15 is 0 Å². The third-order valence-electron chi connectivity index (χ3n) is 4.23. The van der Waals surface area contributed by atoms with Crippen LogP contribution in [0.2, 0.25) is 5.02 Å². The van der Waals surface area contributed by atoms with Crippen molar-refractivity contribution < 1.29 is 9.47 Å². The summed E-state index contributed by atoms with van der Waals surface area (Å²) < 4.78 is 10.5. The number of nitrogens with one attached hydrogen (secondary N) is 1. The van der Waals surface area contributed by atoms with Gasteiger partial charge in [-0.05, 0) is 31.5 Å². The molecule has 1 aliphatic rings. The maximum absolute atomic E-state index is 6.11. The van der Waals surface area contributed by atoms with E-state index in [1.165, 1.54) is 5.69 Å². The van der Waals surface area contributed by atoms with Crippen molar-refractivity contribution in [2.45, 2.75) is 13.3 Å². The first-order chi connectivity index (χ1) is 12.7. The number of hydrogen-bond donors (Lipinski definition) is 1. The zero-order valence-electron chi connectivity index (χ0n) is 15.9. The number of aliphatic imine (C=N–C) groups is 1. The normalized spacial score (nSPS) is 15.4. The summed E-state index contributed by atoms with van der Waals surface area (Å²) in [7, 11) is 1.68. The largest absolute Gasteiger partial charge is 0.382 e. The van der Waals surface area contributed by atoms with Gasteiger partial charge < -0.3 is 24.6 Å². The lowest BCUT2D eigenvalue weighted by Gasteiger charge is -2.37. The molecule has 1 aliphatic heterocycles. The third-order valence-corrected chi connectivity index (χ3v) is 4.46. The van der Waals surface area contributed by atoms with Gasteiger partial charge in [0.2, 0.25) is 0 Å². The van der Waals surface area contributed by atoms with Crippen molar-refractivity contribution in [1.29, 1.82) is 0 Å². The minimum Gasteiger partial charge on any atom is -0.382 e. The fourth-order valence-corrected chi connectivity index (χ4v) is 3.06. The molecule has 146 valence electrons. The van der Waals surface area contributed by atoms with Crippen LogP contribution in [0, 0.1) is 0 Å². The van der Waals surface area contributed by atoms with Crippen LogP contribution < -0.4 is 10.2 Å². The minimum absolute atomic E-state index is 0.642. The van der Waals surface area contributed by atoms with Gasteiger partial charge in [-0.15, -0.1) is 0 Å². The van der Waals surface area contributed by atoms with Crippen LogP contribution in [0.25, 0.3) is 0 Å². The number of guanidine groups is 1. The van der Waals surface area contributed by atoms with Crippen LogP contribution in [0.15, 0.2) is 29.3 Å². The van der Waals surface area contributed by atoms with E-state index in [1.807, 2.05) is 18.2 Å². The highest BCUT2D eigenvalue weighted by Gasteiger charge is 2.19. The van der Waals surface area contributed by atoms with Gasteiger partial charge >= 0.3 is 0 Å². The van der Waals surface area contributed by atoms with Gasteiger partial charge in [-0.3, -0.25) is 4.99 Å². The summed E-state index contributed by atoms with van der Waals surface area (Å²) in [6.07, 6.45) is 0.918. The highest BCUT2D eigenvalue weighted by Crippen LogP contribution is 2.20. The fraction of sp³-hybridized carbons (Fsp3) is 0.632. The van der Waals surface area contributed by atoms with E-state index in [-0.39, 0.29) is 0 Å². The van der Waals surface area contributed by atoms with Gasteiger partial charge in [0.15, 0.2) is 5.96 Å². The van der Waals surface area contributed by atoms with Crippen LogP contribution in [0.3, 0.4) is 0 Å². The predicted molar refractivity (Wildman–Crippen MR) is 109 cm³/mol. The van der Waals surface area contributed by atoms with Gasteiger partial charge in [0.1, 0.15) is 0 Å². The number of ether oxygens (including phenoxy) is 2. The Bertz CT molecular complexity index is 548. The first-order valence-corrected chi connectivity index (χ1v) is 9.73. The molecule has 0 aromatic heterocycles. The number of hydrogen-bond acceptors (Lipinski definition) is 4. The molecule has 1 aromatic rings. The van der Waals surface area contributed by atoms with Crippen molar-refractivity contribution in [2.24, 2.45) is 4.99 Å². The Morgan fingerprint density at radius 2 is 2.00 bits per heavy atom. The number of methoxy groups -OCH3 is 1. The number of benzene rings is 1.